The number of ether oxygens (including phenoxy) is 4. The molecule has 0 fully saturated rings. The third kappa shape index (κ3) is 14.1. The fraction of sp³-hybridized carbons (Fsp3) is 0.955. The molecule has 0 saturated carbocycles. The third-order valence-electron chi connectivity index (χ3n) is 5.33. The Balaban J connectivity index is 4.07. The van der Waals surface area contributed by atoms with Crippen LogP contribution in [0.2, 0.25) is 0 Å². The Labute approximate surface area is 167 Å². The Bertz CT molecular complexity index is 335. The van der Waals surface area contributed by atoms with E-state index in [1.54, 1.807) is 21.3 Å². The predicted molar refractivity (Wildman–Crippen MR) is 110 cm³/mol. The fourth-order valence-corrected chi connectivity index (χ4v) is 3.49. The van der Waals surface area contributed by atoms with E-state index < -0.39 is 0 Å². The van der Waals surface area contributed by atoms with Gasteiger partial charge in [0.25, 0.3) is 0 Å². The van der Waals surface area contributed by atoms with Gasteiger partial charge in [-0.3, -0.25) is 4.79 Å². The number of methoxy groups -OCH3 is 4. The number of carbonyl (C=O) groups is 1. The van der Waals surface area contributed by atoms with Crippen molar-refractivity contribution in [3.63, 3.8) is 0 Å². The Morgan fingerprint density at radius 2 is 1.30 bits per heavy atom. The Morgan fingerprint density at radius 3 is 1.89 bits per heavy atom. The minimum absolute atomic E-state index is 0.0745. The van der Waals surface area contributed by atoms with Crippen LogP contribution >= 0.6 is 0 Å². The molecule has 5 heteroatoms. The number of unbranched alkanes of at least 4 members (excludes halogenated alkanes) is 7. The summed E-state index contributed by atoms with van der Waals surface area (Å²) in [7, 11) is 6.79. The number of esters is 1. The third-order valence-corrected chi connectivity index (χ3v) is 5.33. The van der Waals surface area contributed by atoms with Crippen LogP contribution in [0.1, 0.15) is 90.4 Å². The SMILES string of the molecule is CCCCCCC(CC(OC)C(CCCCCCCC(=O)OC)OC)OC. The van der Waals surface area contributed by atoms with Crippen LogP contribution in [0.3, 0.4) is 0 Å². The molecule has 0 saturated heterocycles. The Hall–Kier alpha value is -0.650. The molecule has 0 amide bonds. The van der Waals surface area contributed by atoms with Gasteiger partial charge in [0, 0.05) is 34.2 Å². The molecule has 3 unspecified atom stereocenters. The summed E-state index contributed by atoms with van der Waals surface area (Å²) in [4.78, 5) is 11.1. The van der Waals surface area contributed by atoms with Gasteiger partial charge in [-0.2, -0.15) is 0 Å². The summed E-state index contributed by atoms with van der Waals surface area (Å²) < 4.78 is 21.8. The second-order valence-electron chi connectivity index (χ2n) is 7.37. The van der Waals surface area contributed by atoms with Gasteiger partial charge in [0.05, 0.1) is 25.4 Å². The minimum atomic E-state index is -0.111. The number of rotatable bonds is 19. The monoisotopic (exact) mass is 388 g/mol. The van der Waals surface area contributed by atoms with Gasteiger partial charge in [0.2, 0.25) is 0 Å². The molecule has 0 aliphatic rings. The second-order valence-corrected chi connectivity index (χ2v) is 7.37. The van der Waals surface area contributed by atoms with E-state index in [9.17, 15) is 4.79 Å². The van der Waals surface area contributed by atoms with Crippen LogP contribution in [-0.4, -0.2) is 52.7 Å². The van der Waals surface area contributed by atoms with Crippen LogP contribution in [0, 0.1) is 0 Å². The maximum absolute atomic E-state index is 11.1. The smallest absolute Gasteiger partial charge is 0.305 e. The van der Waals surface area contributed by atoms with Crippen LogP contribution in [0.15, 0.2) is 0 Å². The van der Waals surface area contributed by atoms with E-state index in [0.29, 0.717) is 6.42 Å². The molecule has 0 N–H and O–H groups in total. The van der Waals surface area contributed by atoms with E-state index in [2.05, 4.69) is 11.7 Å². The van der Waals surface area contributed by atoms with Crippen LogP contribution in [-0.2, 0) is 23.7 Å². The molecule has 0 aromatic rings. The van der Waals surface area contributed by atoms with Gasteiger partial charge >= 0.3 is 5.97 Å². The predicted octanol–water partition coefficient (Wildman–Crippen LogP) is 5.30. The van der Waals surface area contributed by atoms with Gasteiger partial charge < -0.3 is 18.9 Å². The highest BCUT2D eigenvalue weighted by molar-refractivity contribution is 5.68. The first-order chi connectivity index (χ1) is 13.1. The van der Waals surface area contributed by atoms with Crippen molar-refractivity contribution in [2.75, 3.05) is 28.4 Å². The molecule has 0 heterocycles. The second kappa shape index (κ2) is 18.7. The normalized spacial score (nSPS) is 14.7. The van der Waals surface area contributed by atoms with Gasteiger partial charge in [-0.25, -0.2) is 0 Å². The largest absolute Gasteiger partial charge is 0.469 e. The Morgan fingerprint density at radius 1 is 0.704 bits per heavy atom. The average molecular weight is 389 g/mol. The molecule has 0 spiro atoms. The van der Waals surface area contributed by atoms with Gasteiger partial charge in [-0.1, -0.05) is 58.3 Å². The van der Waals surface area contributed by atoms with Crippen molar-refractivity contribution in [3.8, 4) is 0 Å². The molecule has 0 aromatic heterocycles. The maximum atomic E-state index is 11.1. The van der Waals surface area contributed by atoms with Crippen LogP contribution in [0.4, 0.5) is 0 Å². The number of hydrogen-bond acceptors (Lipinski definition) is 5. The van der Waals surface area contributed by atoms with Crippen molar-refractivity contribution in [1.82, 2.24) is 0 Å². The highest BCUT2D eigenvalue weighted by Crippen LogP contribution is 2.21. The van der Waals surface area contributed by atoms with Gasteiger partial charge in [0.15, 0.2) is 0 Å². The van der Waals surface area contributed by atoms with Crippen molar-refractivity contribution >= 4 is 5.97 Å². The Kier molecular flexibility index (Phi) is 18.3. The lowest BCUT2D eigenvalue weighted by atomic mass is 9.97. The van der Waals surface area contributed by atoms with Crippen molar-refractivity contribution in [3.05, 3.63) is 0 Å². The summed E-state index contributed by atoms with van der Waals surface area (Å²) in [5, 5.41) is 0. The van der Waals surface area contributed by atoms with Gasteiger partial charge in [-0.05, 0) is 19.3 Å². The molecule has 0 aliphatic carbocycles. The lowest BCUT2D eigenvalue weighted by Gasteiger charge is -2.28. The molecule has 0 rings (SSSR count). The molecule has 27 heavy (non-hydrogen) atoms. The highest BCUT2D eigenvalue weighted by Gasteiger charge is 2.24. The average Bonchev–Trinajstić information content (AvgIpc) is 2.70. The lowest BCUT2D eigenvalue weighted by molar-refractivity contribution is -0.140. The van der Waals surface area contributed by atoms with Gasteiger partial charge in [0.1, 0.15) is 0 Å². The molecule has 0 aliphatic heterocycles. The molecule has 3 atom stereocenters. The van der Waals surface area contributed by atoms with E-state index in [0.717, 1.165) is 51.4 Å². The standard InChI is InChI=1S/C22H44O5/c1-6-7-8-12-15-19(24-2)18-21(26-4)20(25-3)16-13-10-9-11-14-17-22(23)27-5/h19-21H,6-18H2,1-5H3. The van der Waals surface area contributed by atoms with Crippen LogP contribution in [0.5, 0.6) is 0 Å². The topological polar surface area (TPSA) is 54.0 Å². The van der Waals surface area contributed by atoms with Gasteiger partial charge in [-0.15, -0.1) is 0 Å². The molecule has 0 radical (unpaired) electrons. The number of hydrogen-bond donors (Lipinski definition) is 0. The van der Waals surface area contributed by atoms with Crippen LogP contribution < -0.4 is 0 Å². The molecular formula is C22H44O5. The summed E-state index contributed by atoms with van der Waals surface area (Å²) in [6.45, 7) is 2.23. The molecule has 0 bridgehead atoms. The summed E-state index contributed by atoms with van der Waals surface area (Å²) in [6, 6.07) is 0. The zero-order chi connectivity index (χ0) is 20.3. The number of carbonyl (C=O) groups excluding carboxylic acids is 1. The van der Waals surface area contributed by atoms with E-state index in [1.165, 1.54) is 32.8 Å². The summed E-state index contributed by atoms with van der Waals surface area (Å²) in [5.41, 5.74) is 0. The molecular weight excluding hydrogens is 344 g/mol. The fourth-order valence-electron chi connectivity index (χ4n) is 3.49. The van der Waals surface area contributed by atoms with Crippen LogP contribution in [0.25, 0.3) is 0 Å². The zero-order valence-electron chi connectivity index (χ0n) is 18.5. The lowest BCUT2D eigenvalue weighted by Crippen LogP contribution is -2.34. The van der Waals surface area contributed by atoms with E-state index in [1.807, 2.05) is 0 Å². The first-order valence-electron chi connectivity index (χ1n) is 10.8. The van der Waals surface area contributed by atoms with Crippen molar-refractivity contribution in [2.24, 2.45) is 0 Å². The van der Waals surface area contributed by atoms with E-state index in [4.69, 9.17) is 14.2 Å². The summed E-state index contributed by atoms with van der Waals surface area (Å²) in [6.07, 6.45) is 14.4. The van der Waals surface area contributed by atoms with Crippen molar-refractivity contribution in [2.45, 2.75) is 109 Å². The van der Waals surface area contributed by atoms with Crippen molar-refractivity contribution in [1.29, 1.82) is 0 Å². The summed E-state index contributed by atoms with van der Waals surface area (Å²) in [5.74, 6) is -0.111. The first-order valence-corrected chi connectivity index (χ1v) is 10.8. The molecule has 162 valence electrons. The van der Waals surface area contributed by atoms with Crippen molar-refractivity contribution < 1.29 is 23.7 Å². The minimum Gasteiger partial charge on any atom is -0.469 e. The zero-order valence-corrected chi connectivity index (χ0v) is 18.5. The maximum Gasteiger partial charge on any atom is 0.305 e. The summed E-state index contributed by atoms with van der Waals surface area (Å²) >= 11 is 0. The molecule has 5 nitrogen and oxygen atoms in total. The van der Waals surface area contributed by atoms with E-state index in [-0.39, 0.29) is 24.3 Å². The molecule has 0 aromatic carbocycles. The van der Waals surface area contributed by atoms with E-state index >= 15 is 0 Å². The first kappa shape index (κ1) is 26.4. The quantitative estimate of drug-likeness (QED) is 0.222. The highest BCUT2D eigenvalue weighted by atomic mass is 16.5.